The first-order valence-electron chi connectivity index (χ1n) is 8.62. The van der Waals surface area contributed by atoms with Crippen molar-refractivity contribution in [3.8, 4) is 0 Å². The Hall–Kier alpha value is -1.50. The monoisotopic (exact) mass is 446 g/mol. The first-order valence-corrected chi connectivity index (χ1v) is 10.9. The topological polar surface area (TPSA) is 34.1 Å². The molecular weight excluding hydrogens is 432 g/mol. The third-order valence-electron chi connectivity index (χ3n) is 5.51. The minimum absolute atomic E-state index is 0.202. The number of hydrogen-bond acceptors (Lipinski definition) is 2. The summed E-state index contributed by atoms with van der Waals surface area (Å²) in [6.07, 6.45) is 3.88. The average Bonchev–Trinajstić information content (AvgIpc) is 3.27. The summed E-state index contributed by atoms with van der Waals surface area (Å²) in [7, 11) is -5.35. The second kappa shape index (κ2) is 6.51. The van der Waals surface area contributed by atoms with Gasteiger partial charge in [0.1, 0.15) is 0 Å². The maximum atomic E-state index is 12.8. The normalized spacial score (nSPS) is 18.8. The first kappa shape index (κ1) is 19.8. The Kier molecular flexibility index (Phi) is 4.60. The van der Waals surface area contributed by atoms with Gasteiger partial charge in [-0.05, 0) is 77.6 Å². The molecule has 2 nitrogen and oxygen atoms in total. The van der Waals surface area contributed by atoms with Gasteiger partial charge in [-0.2, -0.15) is 13.2 Å². The highest BCUT2D eigenvalue weighted by molar-refractivity contribution is 7.92. The molecule has 148 valence electrons. The highest BCUT2D eigenvalue weighted by atomic mass is 35.5. The zero-order valence-corrected chi connectivity index (χ0v) is 16.8. The minimum Gasteiger partial charge on any atom is -0.214 e. The van der Waals surface area contributed by atoms with E-state index in [0.717, 1.165) is 60.1 Å². The highest BCUT2D eigenvalue weighted by Crippen LogP contribution is 2.63. The van der Waals surface area contributed by atoms with E-state index in [4.69, 9.17) is 23.2 Å². The van der Waals surface area contributed by atoms with Gasteiger partial charge < -0.3 is 0 Å². The van der Waals surface area contributed by atoms with Crippen LogP contribution in [0.15, 0.2) is 47.4 Å². The van der Waals surface area contributed by atoms with Gasteiger partial charge in [0.25, 0.3) is 9.84 Å². The third kappa shape index (κ3) is 3.36. The van der Waals surface area contributed by atoms with Gasteiger partial charge in [0.15, 0.2) is 0 Å². The average molecular weight is 447 g/mol. The zero-order chi connectivity index (χ0) is 20.3. The molecule has 8 heteroatoms. The molecule has 0 radical (unpaired) electrons. The Morgan fingerprint density at radius 3 is 1.86 bits per heavy atom. The van der Waals surface area contributed by atoms with Crippen LogP contribution in [-0.2, 0) is 9.84 Å². The molecule has 2 aromatic carbocycles. The zero-order valence-electron chi connectivity index (χ0n) is 14.5. The first-order chi connectivity index (χ1) is 13.0. The van der Waals surface area contributed by atoms with Crippen LogP contribution in [0.4, 0.5) is 13.2 Å². The largest absolute Gasteiger partial charge is 0.501 e. The van der Waals surface area contributed by atoms with Crippen molar-refractivity contribution in [2.24, 2.45) is 5.41 Å². The fourth-order valence-electron chi connectivity index (χ4n) is 3.76. The number of hydrogen-bond donors (Lipinski definition) is 0. The van der Waals surface area contributed by atoms with Crippen molar-refractivity contribution >= 4 is 44.2 Å². The van der Waals surface area contributed by atoms with Gasteiger partial charge in [-0.25, -0.2) is 8.42 Å². The van der Waals surface area contributed by atoms with Crippen molar-refractivity contribution in [2.75, 3.05) is 0 Å². The maximum absolute atomic E-state index is 12.8. The van der Waals surface area contributed by atoms with E-state index in [1.54, 1.807) is 12.1 Å². The summed E-state index contributed by atoms with van der Waals surface area (Å²) in [6, 6.07) is 10.3. The quantitative estimate of drug-likeness (QED) is 0.520. The van der Waals surface area contributed by atoms with Crippen LogP contribution >= 0.6 is 23.2 Å². The Labute approximate surface area is 170 Å². The molecule has 0 N–H and O–H groups in total. The number of benzene rings is 2. The molecule has 2 aliphatic carbocycles. The molecule has 1 spiro atoms. The molecule has 1 fully saturated rings. The van der Waals surface area contributed by atoms with Crippen LogP contribution in [0.5, 0.6) is 0 Å². The molecule has 0 saturated heterocycles. The van der Waals surface area contributed by atoms with E-state index in [-0.39, 0.29) is 5.41 Å². The van der Waals surface area contributed by atoms with Gasteiger partial charge in [0.05, 0.1) is 14.9 Å². The van der Waals surface area contributed by atoms with E-state index in [1.165, 1.54) is 12.1 Å². The lowest BCUT2D eigenvalue weighted by molar-refractivity contribution is -0.0436. The number of sulfone groups is 1. The van der Waals surface area contributed by atoms with Crippen molar-refractivity contribution < 1.29 is 21.6 Å². The van der Waals surface area contributed by atoms with Crippen LogP contribution < -0.4 is 0 Å². The maximum Gasteiger partial charge on any atom is 0.501 e. The van der Waals surface area contributed by atoms with Gasteiger partial charge in [0.2, 0.25) is 0 Å². The van der Waals surface area contributed by atoms with E-state index in [9.17, 15) is 21.6 Å². The second-order valence-corrected chi connectivity index (χ2v) is 10.2. The molecule has 2 aliphatic rings. The molecule has 0 atom stereocenters. The van der Waals surface area contributed by atoms with Crippen molar-refractivity contribution in [2.45, 2.75) is 36.1 Å². The van der Waals surface area contributed by atoms with Crippen LogP contribution in [0.25, 0.3) is 11.1 Å². The second-order valence-electron chi connectivity index (χ2n) is 7.41. The molecule has 2 aromatic rings. The Morgan fingerprint density at radius 2 is 1.36 bits per heavy atom. The fraction of sp³-hybridized carbons (Fsp3) is 0.300. The highest BCUT2D eigenvalue weighted by Gasteiger charge is 2.49. The summed E-state index contributed by atoms with van der Waals surface area (Å²) in [6.45, 7) is 0. The van der Waals surface area contributed by atoms with Gasteiger partial charge >= 0.3 is 5.51 Å². The predicted molar refractivity (Wildman–Crippen MR) is 104 cm³/mol. The number of allylic oxidation sites excluding steroid dienone is 2. The van der Waals surface area contributed by atoms with E-state index in [0.29, 0.717) is 10.0 Å². The molecule has 0 bridgehead atoms. The number of halogens is 5. The smallest absolute Gasteiger partial charge is 0.214 e. The van der Waals surface area contributed by atoms with Crippen molar-refractivity contribution in [3.63, 3.8) is 0 Å². The summed E-state index contributed by atoms with van der Waals surface area (Å²) < 4.78 is 61.5. The summed E-state index contributed by atoms with van der Waals surface area (Å²) >= 11 is 12.2. The summed E-state index contributed by atoms with van der Waals surface area (Å²) in [5.74, 6) is 0. The van der Waals surface area contributed by atoms with E-state index < -0.39 is 20.2 Å². The molecule has 0 aromatic heterocycles. The summed E-state index contributed by atoms with van der Waals surface area (Å²) in [5, 5.41) is 0.891. The molecule has 4 rings (SSSR count). The van der Waals surface area contributed by atoms with Crippen LogP contribution in [0.1, 0.15) is 36.8 Å². The summed E-state index contributed by atoms with van der Waals surface area (Å²) in [4.78, 5) is -0.750. The van der Waals surface area contributed by atoms with Gasteiger partial charge in [0, 0.05) is 0 Å². The molecule has 0 unspecified atom stereocenters. The number of rotatable bonds is 3. The lowest BCUT2D eigenvalue weighted by Crippen LogP contribution is -2.23. The summed E-state index contributed by atoms with van der Waals surface area (Å²) in [5.41, 5.74) is -1.35. The predicted octanol–water partition coefficient (Wildman–Crippen LogP) is 6.77. The third-order valence-corrected chi connectivity index (χ3v) is 7.75. The Morgan fingerprint density at radius 1 is 0.821 bits per heavy atom. The van der Waals surface area contributed by atoms with Crippen molar-refractivity contribution in [3.05, 3.63) is 63.6 Å². The minimum atomic E-state index is -5.35. The van der Waals surface area contributed by atoms with E-state index in [2.05, 4.69) is 0 Å². The molecule has 0 amide bonds. The lowest BCUT2D eigenvalue weighted by Gasteiger charge is -2.11. The van der Waals surface area contributed by atoms with Crippen LogP contribution in [-0.4, -0.2) is 13.9 Å². The van der Waals surface area contributed by atoms with Crippen LogP contribution in [0, 0.1) is 5.41 Å². The van der Waals surface area contributed by atoms with Crippen molar-refractivity contribution in [1.82, 2.24) is 0 Å². The molecular formula is C20H15Cl2F3O2S. The Bertz CT molecular complexity index is 1080. The van der Waals surface area contributed by atoms with Crippen molar-refractivity contribution in [1.29, 1.82) is 0 Å². The lowest BCUT2D eigenvalue weighted by atomic mass is 9.97. The van der Waals surface area contributed by atoms with Gasteiger partial charge in [-0.3, -0.25) is 0 Å². The van der Waals surface area contributed by atoms with Gasteiger partial charge in [-0.1, -0.05) is 41.4 Å². The molecule has 1 saturated carbocycles. The van der Waals surface area contributed by atoms with Gasteiger partial charge in [-0.15, -0.1) is 0 Å². The molecule has 0 heterocycles. The Balaban J connectivity index is 1.76. The van der Waals surface area contributed by atoms with Crippen LogP contribution in [0.2, 0.25) is 10.0 Å². The molecule has 28 heavy (non-hydrogen) atoms. The SMILES string of the molecule is O=S(=O)(c1ccc(C2=C(c3ccc(Cl)c(Cl)c3)CC3(CC3)C2)cc1)C(F)(F)F. The van der Waals surface area contributed by atoms with E-state index in [1.807, 2.05) is 6.07 Å². The standard InChI is InChI=1S/C20H15Cl2F3O2S/c21-17-6-3-13(9-18(17)22)16-11-19(7-8-19)10-15(16)12-1-4-14(5-2-12)28(26,27)20(23,24)25/h1-6,9H,7-8,10-11H2. The molecule has 0 aliphatic heterocycles. The van der Waals surface area contributed by atoms with E-state index >= 15 is 0 Å². The fourth-order valence-corrected chi connectivity index (χ4v) is 4.82. The van der Waals surface area contributed by atoms with Crippen LogP contribution in [0.3, 0.4) is 0 Å². The number of alkyl halides is 3.